The summed E-state index contributed by atoms with van der Waals surface area (Å²) in [5.74, 6) is 0.0716. The molecule has 2 unspecified atom stereocenters. The summed E-state index contributed by atoms with van der Waals surface area (Å²) >= 11 is 1.68. The second-order valence-electron chi connectivity index (χ2n) is 7.56. The van der Waals surface area contributed by atoms with Gasteiger partial charge in [-0.2, -0.15) is 4.31 Å². The molecule has 4 heterocycles. The van der Waals surface area contributed by atoms with Crippen LogP contribution in [0.1, 0.15) is 48.1 Å². The van der Waals surface area contributed by atoms with Crippen molar-refractivity contribution in [1.82, 2.24) is 14.4 Å². The molecule has 0 aromatic carbocycles. The highest BCUT2D eigenvalue weighted by Gasteiger charge is 2.40. The molecule has 0 N–H and O–H groups in total. The number of thiophene rings is 1. The molecule has 0 radical (unpaired) electrons. The lowest BCUT2D eigenvalue weighted by molar-refractivity contribution is -0.137. The van der Waals surface area contributed by atoms with Crippen LogP contribution in [-0.2, 0) is 14.8 Å². The van der Waals surface area contributed by atoms with E-state index in [1.807, 2.05) is 16.3 Å². The summed E-state index contributed by atoms with van der Waals surface area (Å²) < 4.78 is 32.8. The molecule has 2 aromatic rings. The maximum absolute atomic E-state index is 13.3. The lowest BCUT2D eigenvalue weighted by Gasteiger charge is -2.34. The number of hydrogen-bond donors (Lipinski definition) is 0. The van der Waals surface area contributed by atoms with Gasteiger partial charge in [-0.1, -0.05) is 11.2 Å². The van der Waals surface area contributed by atoms with E-state index in [1.165, 1.54) is 9.18 Å². The van der Waals surface area contributed by atoms with Crippen molar-refractivity contribution in [2.24, 2.45) is 5.92 Å². The predicted octanol–water partition coefficient (Wildman–Crippen LogP) is 3.12. The van der Waals surface area contributed by atoms with E-state index in [0.29, 0.717) is 24.4 Å². The van der Waals surface area contributed by atoms with Gasteiger partial charge in [0.1, 0.15) is 10.6 Å². The molecule has 0 spiro atoms. The fourth-order valence-electron chi connectivity index (χ4n) is 4.38. The van der Waals surface area contributed by atoms with Crippen LogP contribution >= 0.6 is 11.3 Å². The summed E-state index contributed by atoms with van der Waals surface area (Å²) in [6.07, 6.45) is 3.36. The SMILES string of the molecule is Cc1noc(C)c1S(=O)(=O)N1CCCC(C(=O)N2CCCC2c2cccs2)C1. The highest BCUT2D eigenvalue weighted by Crippen LogP contribution is 2.37. The van der Waals surface area contributed by atoms with Crippen molar-refractivity contribution in [3.8, 4) is 0 Å². The summed E-state index contributed by atoms with van der Waals surface area (Å²) in [4.78, 5) is 16.6. The lowest BCUT2D eigenvalue weighted by atomic mass is 9.97. The molecule has 0 bridgehead atoms. The maximum atomic E-state index is 13.3. The van der Waals surface area contributed by atoms with Gasteiger partial charge in [0.25, 0.3) is 0 Å². The number of sulfonamides is 1. The van der Waals surface area contributed by atoms with E-state index >= 15 is 0 Å². The Hall–Kier alpha value is -1.71. The van der Waals surface area contributed by atoms with Crippen molar-refractivity contribution in [3.05, 3.63) is 33.8 Å². The van der Waals surface area contributed by atoms with Gasteiger partial charge in [-0.15, -0.1) is 11.3 Å². The molecular formula is C19H25N3O4S2. The van der Waals surface area contributed by atoms with Crippen LogP contribution in [0.2, 0.25) is 0 Å². The molecule has 9 heteroatoms. The van der Waals surface area contributed by atoms with Crippen molar-refractivity contribution in [3.63, 3.8) is 0 Å². The number of likely N-dealkylation sites (tertiary alicyclic amines) is 1. The zero-order valence-electron chi connectivity index (χ0n) is 16.1. The molecule has 2 aliphatic rings. The number of carbonyl (C=O) groups is 1. The minimum atomic E-state index is -3.72. The van der Waals surface area contributed by atoms with Crippen LogP contribution in [0, 0.1) is 19.8 Å². The van der Waals surface area contributed by atoms with E-state index in [9.17, 15) is 13.2 Å². The van der Waals surface area contributed by atoms with Gasteiger partial charge in [0, 0.05) is 24.5 Å². The maximum Gasteiger partial charge on any atom is 0.248 e. The third-order valence-corrected chi connectivity index (χ3v) is 8.79. The monoisotopic (exact) mass is 423 g/mol. The number of aryl methyl sites for hydroxylation is 2. The normalized spacial score (nSPS) is 24.0. The summed E-state index contributed by atoms with van der Waals surface area (Å²) in [6.45, 7) is 4.62. The van der Waals surface area contributed by atoms with Crippen LogP contribution in [0.25, 0.3) is 0 Å². The third-order valence-electron chi connectivity index (χ3n) is 5.71. The molecule has 28 heavy (non-hydrogen) atoms. The Labute approximate surface area is 169 Å². The standard InChI is InChI=1S/C19H25N3O4S2/c1-13-18(14(2)26-20-13)28(24,25)21-9-3-6-15(12-21)19(23)22-10-4-7-16(22)17-8-5-11-27-17/h5,8,11,15-16H,3-4,6-7,9-10,12H2,1-2H3. The zero-order chi connectivity index (χ0) is 19.9. The number of carbonyl (C=O) groups excluding carboxylic acids is 1. The van der Waals surface area contributed by atoms with Crippen molar-refractivity contribution in [1.29, 1.82) is 0 Å². The van der Waals surface area contributed by atoms with Gasteiger partial charge in [0.05, 0.1) is 12.0 Å². The topological polar surface area (TPSA) is 83.7 Å². The molecule has 2 saturated heterocycles. The van der Waals surface area contributed by atoms with Gasteiger partial charge in [-0.25, -0.2) is 8.42 Å². The first kappa shape index (κ1) is 19.6. The highest BCUT2D eigenvalue weighted by molar-refractivity contribution is 7.89. The van der Waals surface area contributed by atoms with Gasteiger partial charge in [0.2, 0.25) is 15.9 Å². The molecule has 2 fully saturated rings. The molecule has 152 valence electrons. The molecule has 4 rings (SSSR count). The summed E-state index contributed by atoms with van der Waals surface area (Å²) in [6, 6.07) is 4.22. The Kier molecular flexibility index (Phi) is 5.32. The third kappa shape index (κ3) is 3.40. The number of hydrogen-bond acceptors (Lipinski definition) is 6. The van der Waals surface area contributed by atoms with E-state index in [1.54, 1.807) is 25.2 Å². The van der Waals surface area contributed by atoms with Crippen LogP contribution in [0.15, 0.2) is 26.9 Å². The number of nitrogens with zero attached hydrogens (tertiary/aromatic N) is 3. The minimum Gasteiger partial charge on any atom is -0.360 e. The molecule has 2 aliphatic heterocycles. The molecule has 0 saturated carbocycles. The fraction of sp³-hybridized carbons (Fsp3) is 0.579. The van der Waals surface area contributed by atoms with Crippen LogP contribution in [0.5, 0.6) is 0 Å². The Morgan fingerprint density at radius 1 is 1.25 bits per heavy atom. The Morgan fingerprint density at radius 2 is 2.04 bits per heavy atom. The number of piperidine rings is 1. The second-order valence-corrected chi connectivity index (χ2v) is 10.4. The number of rotatable bonds is 4. The molecule has 2 aromatic heterocycles. The number of aromatic nitrogens is 1. The molecular weight excluding hydrogens is 398 g/mol. The van der Waals surface area contributed by atoms with Crippen molar-refractivity contribution in [2.75, 3.05) is 19.6 Å². The van der Waals surface area contributed by atoms with E-state index in [-0.39, 0.29) is 29.3 Å². The van der Waals surface area contributed by atoms with Crippen molar-refractivity contribution < 1.29 is 17.7 Å². The Bertz CT molecular complexity index is 932. The fourth-order valence-corrected chi connectivity index (χ4v) is 7.06. The Balaban J connectivity index is 1.53. The molecule has 0 aliphatic carbocycles. The van der Waals surface area contributed by atoms with Gasteiger partial charge < -0.3 is 9.42 Å². The van der Waals surface area contributed by atoms with Crippen LogP contribution in [-0.4, -0.2) is 48.3 Å². The first-order chi connectivity index (χ1) is 13.4. The quantitative estimate of drug-likeness (QED) is 0.754. The summed E-state index contributed by atoms with van der Waals surface area (Å²) in [5, 5.41) is 5.81. The first-order valence-corrected chi connectivity index (χ1v) is 12.0. The first-order valence-electron chi connectivity index (χ1n) is 9.66. The van der Waals surface area contributed by atoms with Crippen LogP contribution in [0.3, 0.4) is 0 Å². The average molecular weight is 424 g/mol. The molecule has 2 atom stereocenters. The van der Waals surface area contributed by atoms with E-state index in [0.717, 1.165) is 25.8 Å². The van der Waals surface area contributed by atoms with Crippen molar-refractivity contribution >= 4 is 27.3 Å². The van der Waals surface area contributed by atoms with Gasteiger partial charge in [-0.3, -0.25) is 4.79 Å². The number of amides is 1. The van der Waals surface area contributed by atoms with Gasteiger partial charge >= 0.3 is 0 Å². The Morgan fingerprint density at radius 3 is 2.71 bits per heavy atom. The van der Waals surface area contributed by atoms with E-state index in [4.69, 9.17) is 4.52 Å². The molecule has 1 amide bonds. The summed E-state index contributed by atoms with van der Waals surface area (Å²) in [7, 11) is -3.72. The molecule has 7 nitrogen and oxygen atoms in total. The smallest absolute Gasteiger partial charge is 0.248 e. The zero-order valence-corrected chi connectivity index (χ0v) is 17.8. The van der Waals surface area contributed by atoms with Crippen molar-refractivity contribution in [2.45, 2.75) is 50.5 Å². The predicted molar refractivity (Wildman–Crippen MR) is 105 cm³/mol. The van der Waals surface area contributed by atoms with Crippen LogP contribution < -0.4 is 0 Å². The highest BCUT2D eigenvalue weighted by atomic mass is 32.2. The lowest BCUT2D eigenvalue weighted by Crippen LogP contribution is -2.46. The van der Waals surface area contributed by atoms with Crippen LogP contribution in [0.4, 0.5) is 0 Å². The summed E-state index contributed by atoms with van der Waals surface area (Å²) in [5.41, 5.74) is 0.364. The van der Waals surface area contributed by atoms with Gasteiger partial charge in [0.15, 0.2) is 5.76 Å². The second kappa shape index (κ2) is 7.61. The van der Waals surface area contributed by atoms with Gasteiger partial charge in [-0.05, 0) is 51.0 Å². The van der Waals surface area contributed by atoms with E-state index in [2.05, 4.69) is 11.2 Å². The minimum absolute atomic E-state index is 0.0783. The van der Waals surface area contributed by atoms with E-state index < -0.39 is 10.0 Å². The largest absolute Gasteiger partial charge is 0.360 e. The average Bonchev–Trinajstić information content (AvgIpc) is 3.42.